The summed E-state index contributed by atoms with van der Waals surface area (Å²) in [5.41, 5.74) is 3.94. The quantitative estimate of drug-likeness (QED) is 0.143. The van der Waals surface area contributed by atoms with Gasteiger partial charge >= 0.3 is 0 Å². The molecule has 3 aromatic carbocycles. The third-order valence-electron chi connectivity index (χ3n) is 6.66. The number of rotatable bonds is 9. The zero-order chi connectivity index (χ0) is 28.3. The van der Waals surface area contributed by atoms with Crippen molar-refractivity contribution in [2.24, 2.45) is 5.10 Å². The summed E-state index contributed by atoms with van der Waals surface area (Å²) in [6.07, 6.45) is 2.59. The third kappa shape index (κ3) is 5.95. The Hall–Kier alpha value is -3.40. The Morgan fingerprint density at radius 3 is 2.44 bits per heavy atom. The number of halogens is 1. The summed E-state index contributed by atoms with van der Waals surface area (Å²) in [6.45, 7) is 10.3. The number of methoxy groups -OCH3 is 2. The van der Waals surface area contributed by atoms with Crippen molar-refractivity contribution in [2.75, 3.05) is 14.2 Å². The Bertz CT molecular complexity index is 1590. The maximum absolute atomic E-state index is 13.7. The lowest BCUT2D eigenvalue weighted by Crippen LogP contribution is -2.21. The van der Waals surface area contributed by atoms with Gasteiger partial charge < -0.3 is 14.2 Å². The second-order valence-corrected chi connectivity index (χ2v) is 10.9. The fourth-order valence-electron chi connectivity index (χ4n) is 4.31. The van der Waals surface area contributed by atoms with Gasteiger partial charge in [-0.05, 0) is 102 Å². The molecule has 0 fully saturated rings. The molecule has 0 spiro atoms. The van der Waals surface area contributed by atoms with Crippen molar-refractivity contribution in [2.45, 2.75) is 53.1 Å². The average Bonchev–Trinajstić information content (AvgIpc) is 2.93. The van der Waals surface area contributed by atoms with Crippen LogP contribution in [0.5, 0.6) is 17.2 Å². The first-order valence-electron chi connectivity index (χ1n) is 13.0. The van der Waals surface area contributed by atoms with Crippen LogP contribution in [0.15, 0.2) is 58.4 Å². The predicted octanol–water partition coefficient (Wildman–Crippen LogP) is 7.18. The van der Waals surface area contributed by atoms with Crippen LogP contribution in [0.2, 0.25) is 0 Å². The van der Waals surface area contributed by atoms with E-state index in [1.807, 2.05) is 56.3 Å². The van der Waals surface area contributed by atoms with Crippen LogP contribution in [-0.4, -0.2) is 36.2 Å². The second-order valence-electron chi connectivity index (χ2n) is 9.75. The van der Waals surface area contributed by atoms with Gasteiger partial charge in [0.15, 0.2) is 17.3 Å². The second kappa shape index (κ2) is 12.2. The smallest absolute Gasteiger partial charge is 0.282 e. The fourth-order valence-corrected chi connectivity index (χ4v) is 5.06. The predicted molar refractivity (Wildman–Crippen MR) is 166 cm³/mol. The zero-order valence-corrected chi connectivity index (χ0v) is 25.6. The fraction of sp³-hybridized carbons (Fsp3) is 0.323. The molecule has 4 rings (SSSR count). The molecule has 4 aromatic rings. The summed E-state index contributed by atoms with van der Waals surface area (Å²) in [6, 6.07) is 15.2. The molecule has 1 heterocycles. The van der Waals surface area contributed by atoms with Gasteiger partial charge in [0.1, 0.15) is 5.75 Å². The van der Waals surface area contributed by atoms with E-state index in [1.54, 1.807) is 26.5 Å². The Morgan fingerprint density at radius 2 is 1.77 bits per heavy atom. The number of hydrogen-bond acceptors (Lipinski definition) is 6. The summed E-state index contributed by atoms with van der Waals surface area (Å²) in [5, 5.41) is 5.17. The molecule has 0 saturated carbocycles. The van der Waals surface area contributed by atoms with Gasteiger partial charge in [0.2, 0.25) is 0 Å². The van der Waals surface area contributed by atoms with Crippen LogP contribution >= 0.6 is 22.6 Å². The largest absolute Gasteiger partial charge is 0.496 e. The molecule has 1 atom stereocenters. The molecule has 204 valence electrons. The van der Waals surface area contributed by atoms with Gasteiger partial charge in [0.25, 0.3) is 5.56 Å². The summed E-state index contributed by atoms with van der Waals surface area (Å²) in [7, 11) is 3.29. The Kier molecular flexibility index (Phi) is 8.94. The maximum atomic E-state index is 13.7. The molecule has 0 amide bonds. The highest BCUT2D eigenvalue weighted by Gasteiger charge is 2.19. The molecule has 7 nitrogen and oxygen atoms in total. The molecular formula is C31H34IN3O4. The van der Waals surface area contributed by atoms with E-state index in [2.05, 4.69) is 48.5 Å². The van der Waals surface area contributed by atoms with Crippen molar-refractivity contribution in [1.82, 2.24) is 9.66 Å². The maximum Gasteiger partial charge on any atom is 0.282 e. The monoisotopic (exact) mass is 639 g/mol. The molecule has 0 saturated heterocycles. The van der Waals surface area contributed by atoms with Gasteiger partial charge in [0, 0.05) is 5.56 Å². The van der Waals surface area contributed by atoms with E-state index in [0.717, 1.165) is 38.0 Å². The number of ether oxygens (including phenoxy) is 3. The molecule has 0 radical (unpaired) electrons. The van der Waals surface area contributed by atoms with E-state index in [0.29, 0.717) is 28.2 Å². The first-order valence-corrected chi connectivity index (χ1v) is 14.1. The van der Waals surface area contributed by atoms with Crippen molar-refractivity contribution in [1.29, 1.82) is 0 Å². The van der Waals surface area contributed by atoms with Crippen LogP contribution in [0.3, 0.4) is 0 Å². The van der Waals surface area contributed by atoms with Crippen LogP contribution in [0, 0.1) is 10.5 Å². The van der Waals surface area contributed by atoms with Gasteiger partial charge in [0.05, 0.1) is 41.0 Å². The molecule has 0 aliphatic carbocycles. The molecule has 1 aromatic heterocycles. The average molecular weight is 640 g/mol. The number of aryl methyl sites for hydroxylation is 1. The van der Waals surface area contributed by atoms with Crippen molar-refractivity contribution in [3.05, 3.63) is 79.1 Å². The van der Waals surface area contributed by atoms with Crippen LogP contribution in [0.4, 0.5) is 0 Å². The molecule has 0 aliphatic heterocycles. The Labute approximate surface area is 243 Å². The minimum Gasteiger partial charge on any atom is -0.496 e. The van der Waals surface area contributed by atoms with Crippen molar-refractivity contribution in [3.8, 4) is 28.6 Å². The minimum atomic E-state index is -0.244. The lowest BCUT2D eigenvalue weighted by atomic mass is 9.96. The summed E-state index contributed by atoms with van der Waals surface area (Å²) < 4.78 is 19.6. The van der Waals surface area contributed by atoms with Gasteiger partial charge in [-0.1, -0.05) is 32.9 Å². The Morgan fingerprint density at radius 1 is 1.05 bits per heavy atom. The third-order valence-corrected chi connectivity index (χ3v) is 7.46. The molecule has 39 heavy (non-hydrogen) atoms. The number of para-hydroxylation sites is 1. The number of fused-ring (bicyclic) bond motifs is 1. The molecular weight excluding hydrogens is 605 g/mol. The van der Waals surface area contributed by atoms with Crippen molar-refractivity contribution in [3.63, 3.8) is 0 Å². The first-order chi connectivity index (χ1) is 18.7. The summed E-state index contributed by atoms with van der Waals surface area (Å²) in [5.74, 6) is 2.81. The highest BCUT2D eigenvalue weighted by atomic mass is 127. The zero-order valence-electron chi connectivity index (χ0n) is 23.4. The normalized spacial score (nSPS) is 12.3. The highest BCUT2D eigenvalue weighted by molar-refractivity contribution is 14.1. The lowest BCUT2D eigenvalue weighted by Gasteiger charge is -2.18. The SMILES string of the molecule is CC[C@H](C)Oc1c(I)cc(C=Nn2c(-c3cc(C(C)C)c(OC)cc3C)nc3ccccc3c2=O)cc1OC. The van der Waals surface area contributed by atoms with E-state index in [-0.39, 0.29) is 17.6 Å². The van der Waals surface area contributed by atoms with Gasteiger partial charge in [-0.2, -0.15) is 9.78 Å². The number of hydrogen-bond donors (Lipinski definition) is 0. The van der Waals surface area contributed by atoms with E-state index in [4.69, 9.17) is 19.2 Å². The minimum absolute atomic E-state index is 0.0557. The number of benzene rings is 3. The number of aromatic nitrogens is 2. The van der Waals surface area contributed by atoms with E-state index < -0.39 is 0 Å². The molecule has 0 N–H and O–H groups in total. The molecule has 0 bridgehead atoms. The molecule has 0 aliphatic rings. The van der Waals surface area contributed by atoms with Crippen molar-refractivity contribution < 1.29 is 14.2 Å². The summed E-state index contributed by atoms with van der Waals surface area (Å²) >= 11 is 2.23. The Balaban J connectivity index is 1.91. The molecule has 8 heteroatoms. The number of nitrogens with zero attached hydrogens (tertiary/aromatic N) is 3. The van der Waals surface area contributed by atoms with Crippen LogP contribution in [-0.2, 0) is 0 Å². The van der Waals surface area contributed by atoms with E-state index >= 15 is 0 Å². The topological polar surface area (TPSA) is 74.9 Å². The van der Waals surface area contributed by atoms with E-state index in [9.17, 15) is 4.79 Å². The van der Waals surface area contributed by atoms with Gasteiger partial charge in [-0.3, -0.25) is 4.79 Å². The van der Waals surface area contributed by atoms with Crippen LogP contribution in [0.25, 0.3) is 22.3 Å². The van der Waals surface area contributed by atoms with Gasteiger partial charge in [-0.25, -0.2) is 4.98 Å². The van der Waals surface area contributed by atoms with Crippen LogP contribution in [0.1, 0.15) is 56.7 Å². The van der Waals surface area contributed by atoms with Crippen molar-refractivity contribution >= 4 is 39.7 Å². The van der Waals surface area contributed by atoms with Gasteiger partial charge in [-0.15, -0.1) is 0 Å². The highest BCUT2D eigenvalue weighted by Crippen LogP contribution is 2.36. The molecule has 0 unspecified atom stereocenters. The first kappa shape index (κ1) is 28.6. The van der Waals surface area contributed by atoms with E-state index in [1.165, 1.54) is 4.68 Å². The van der Waals surface area contributed by atoms with Crippen LogP contribution < -0.4 is 19.8 Å². The standard InChI is InChI=1S/C31H34IN3O4/c1-8-20(5)39-29-25(32)14-21(15-28(29)38-7)17-33-35-30(34-26-12-10-9-11-22(26)31(35)36)24-16-23(18(2)3)27(37-6)13-19(24)4/h9-18,20H,8H2,1-7H3/t20-/m0/s1. The lowest BCUT2D eigenvalue weighted by molar-refractivity contribution is 0.206. The summed E-state index contributed by atoms with van der Waals surface area (Å²) in [4.78, 5) is 18.6.